The van der Waals surface area contributed by atoms with Crippen molar-refractivity contribution in [3.63, 3.8) is 0 Å². The molecule has 0 saturated carbocycles. The fourth-order valence-electron chi connectivity index (χ4n) is 1.91. The van der Waals surface area contributed by atoms with Crippen LogP contribution in [0.5, 0.6) is 0 Å². The zero-order chi connectivity index (χ0) is 15.0. The summed E-state index contributed by atoms with van der Waals surface area (Å²) in [5, 5.41) is 0. The minimum Gasteiger partial charge on any atom is -0.468 e. The zero-order valence-corrected chi connectivity index (χ0v) is 12.1. The van der Waals surface area contributed by atoms with Gasteiger partial charge in [-0.2, -0.15) is 0 Å². The summed E-state index contributed by atoms with van der Waals surface area (Å²) in [5.74, 6) is -0.567. The maximum Gasteiger partial charge on any atom is 0.325 e. The first-order valence-corrected chi connectivity index (χ1v) is 6.77. The average molecular weight is 278 g/mol. The molecule has 0 radical (unpaired) electrons. The van der Waals surface area contributed by atoms with Gasteiger partial charge in [0.25, 0.3) is 5.91 Å². The standard InChI is InChI=1S/C15H22N2O3/c1-3-10-17(11-14(18)20-2)15(19)13-6-4-12(5-7-13)8-9-16/h4-7H,3,8-11,16H2,1-2H3. The monoisotopic (exact) mass is 278 g/mol. The van der Waals surface area contributed by atoms with Crippen molar-refractivity contribution < 1.29 is 14.3 Å². The summed E-state index contributed by atoms with van der Waals surface area (Å²) >= 11 is 0. The van der Waals surface area contributed by atoms with Gasteiger partial charge in [-0.25, -0.2) is 0 Å². The highest BCUT2D eigenvalue weighted by atomic mass is 16.5. The molecule has 0 aliphatic carbocycles. The van der Waals surface area contributed by atoms with Crippen molar-refractivity contribution in [1.82, 2.24) is 4.90 Å². The van der Waals surface area contributed by atoms with Crippen LogP contribution in [0.4, 0.5) is 0 Å². The molecule has 0 unspecified atom stereocenters. The molecule has 0 bridgehead atoms. The lowest BCUT2D eigenvalue weighted by Crippen LogP contribution is -2.36. The van der Waals surface area contributed by atoms with Crippen molar-refractivity contribution in [2.24, 2.45) is 5.73 Å². The highest BCUT2D eigenvalue weighted by molar-refractivity contribution is 5.96. The molecule has 1 amide bonds. The Bertz CT molecular complexity index is 443. The molecule has 0 atom stereocenters. The quantitative estimate of drug-likeness (QED) is 0.761. The summed E-state index contributed by atoms with van der Waals surface area (Å²) in [7, 11) is 1.32. The van der Waals surface area contributed by atoms with Gasteiger partial charge in [0, 0.05) is 12.1 Å². The smallest absolute Gasteiger partial charge is 0.325 e. The van der Waals surface area contributed by atoms with Crippen LogP contribution in [0.2, 0.25) is 0 Å². The lowest BCUT2D eigenvalue weighted by atomic mass is 10.1. The molecule has 20 heavy (non-hydrogen) atoms. The summed E-state index contributed by atoms with van der Waals surface area (Å²) in [4.78, 5) is 25.2. The van der Waals surface area contributed by atoms with Crippen LogP contribution in [0.3, 0.4) is 0 Å². The van der Waals surface area contributed by atoms with E-state index in [1.54, 1.807) is 12.1 Å². The Morgan fingerprint density at radius 2 is 1.90 bits per heavy atom. The molecule has 1 aromatic carbocycles. The summed E-state index contributed by atoms with van der Waals surface area (Å²) in [6.45, 7) is 3.05. The lowest BCUT2D eigenvalue weighted by Gasteiger charge is -2.20. The van der Waals surface area contributed by atoms with Crippen molar-refractivity contribution >= 4 is 11.9 Å². The number of carbonyl (C=O) groups is 2. The topological polar surface area (TPSA) is 72.6 Å². The highest BCUT2D eigenvalue weighted by Crippen LogP contribution is 2.09. The number of nitrogens with two attached hydrogens (primary N) is 1. The maximum atomic E-state index is 12.3. The fraction of sp³-hybridized carbons (Fsp3) is 0.467. The Morgan fingerprint density at radius 3 is 2.40 bits per heavy atom. The van der Waals surface area contributed by atoms with E-state index in [1.165, 1.54) is 12.0 Å². The van der Waals surface area contributed by atoms with E-state index in [1.807, 2.05) is 19.1 Å². The number of nitrogens with zero attached hydrogens (tertiary/aromatic N) is 1. The normalized spacial score (nSPS) is 10.2. The van der Waals surface area contributed by atoms with Gasteiger partial charge in [0.2, 0.25) is 0 Å². The molecule has 2 N–H and O–H groups in total. The second-order valence-corrected chi connectivity index (χ2v) is 4.54. The van der Waals surface area contributed by atoms with Gasteiger partial charge in [-0.05, 0) is 37.1 Å². The van der Waals surface area contributed by atoms with Gasteiger partial charge in [0.15, 0.2) is 0 Å². The Morgan fingerprint density at radius 1 is 1.25 bits per heavy atom. The second-order valence-electron chi connectivity index (χ2n) is 4.54. The maximum absolute atomic E-state index is 12.3. The van der Waals surface area contributed by atoms with Crippen LogP contribution >= 0.6 is 0 Å². The zero-order valence-electron chi connectivity index (χ0n) is 12.1. The van der Waals surface area contributed by atoms with Gasteiger partial charge in [-0.3, -0.25) is 9.59 Å². The minimum absolute atomic E-state index is 0.0201. The SMILES string of the molecule is CCCN(CC(=O)OC)C(=O)c1ccc(CCN)cc1. The van der Waals surface area contributed by atoms with E-state index in [0.717, 1.165) is 18.4 Å². The van der Waals surface area contributed by atoms with Crippen molar-refractivity contribution in [2.45, 2.75) is 19.8 Å². The molecule has 5 nitrogen and oxygen atoms in total. The fourth-order valence-corrected chi connectivity index (χ4v) is 1.91. The number of amides is 1. The molecule has 0 saturated heterocycles. The van der Waals surface area contributed by atoms with Crippen LogP contribution < -0.4 is 5.73 Å². The van der Waals surface area contributed by atoms with E-state index < -0.39 is 5.97 Å². The molecule has 0 aliphatic heterocycles. The van der Waals surface area contributed by atoms with Crippen LogP contribution in [0.25, 0.3) is 0 Å². The number of hydrogen-bond acceptors (Lipinski definition) is 4. The summed E-state index contributed by atoms with van der Waals surface area (Å²) in [6, 6.07) is 7.32. The van der Waals surface area contributed by atoms with Crippen LogP contribution in [0, 0.1) is 0 Å². The number of carbonyl (C=O) groups excluding carboxylic acids is 2. The molecule has 0 aromatic heterocycles. The third kappa shape index (κ3) is 4.66. The molecule has 0 fully saturated rings. The van der Waals surface area contributed by atoms with Gasteiger partial charge >= 0.3 is 5.97 Å². The average Bonchev–Trinajstić information content (AvgIpc) is 2.47. The summed E-state index contributed by atoms with van der Waals surface area (Å²) < 4.78 is 4.62. The number of benzene rings is 1. The molecular weight excluding hydrogens is 256 g/mol. The molecule has 5 heteroatoms. The van der Waals surface area contributed by atoms with Crippen LogP contribution in [0.15, 0.2) is 24.3 Å². The molecule has 0 heterocycles. The molecule has 0 spiro atoms. The van der Waals surface area contributed by atoms with E-state index in [4.69, 9.17) is 5.73 Å². The largest absolute Gasteiger partial charge is 0.468 e. The third-order valence-corrected chi connectivity index (χ3v) is 2.96. The Balaban J connectivity index is 2.79. The molecular formula is C15H22N2O3. The number of hydrogen-bond donors (Lipinski definition) is 1. The van der Waals surface area contributed by atoms with E-state index in [9.17, 15) is 9.59 Å². The van der Waals surface area contributed by atoms with E-state index in [2.05, 4.69) is 4.74 Å². The van der Waals surface area contributed by atoms with Crippen LogP contribution in [-0.2, 0) is 16.0 Å². The Labute approximate surface area is 119 Å². The first-order chi connectivity index (χ1) is 9.62. The number of rotatable bonds is 7. The predicted octanol–water partition coefficient (Wildman–Crippen LogP) is 1.21. The lowest BCUT2D eigenvalue weighted by molar-refractivity contribution is -0.141. The van der Waals surface area contributed by atoms with E-state index in [-0.39, 0.29) is 12.5 Å². The van der Waals surface area contributed by atoms with Gasteiger partial charge in [-0.1, -0.05) is 19.1 Å². The van der Waals surface area contributed by atoms with Crippen LogP contribution in [-0.4, -0.2) is 43.5 Å². The van der Waals surface area contributed by atoms with Crippen molar-refractivity contribution in [3.05, 3.63) is 35.4 Å². The minimum atomic E-state index is -0.411. The number of ether oxygens (including phenoxy) is 1. The van der Waals surface area contributed by atoms with Crippen molar-refractivity contribution in [3.8, 4) is 0 Å². The van der Waals surface area contributed by atoms with Gasteiger partial charge in [0.1, 0.15) is 6.54 Å². The Kier molecular flexibility index (Phi) is 6.73. The van der Waals surface area contributed by atoms with Gasteiger partial charge < -0.3 is 15.4 Å². The summed E-state index contributed by atoms with van der Waals surface area (Å²) in [6.07, 6.45) is 1.57. The highest BCUT2D eigenvalue weighted by Gasteiger charge is 2.18. The molecule has 0 aliphatic rings. The first kappa shape index (κ1) is 16.2. The predicted molar refractivity (Wildman–Crippen MR) is 77.4 cm³/mol. The molecule has 1 rings (SSSR count). The Hall–Kier alpha value is -1.88. The van der Waals surface area contributed by atoms with Gasteiger partial charge in [0.05, 0.1) is 7.11 Å². The first-order valence-electron chi connectivity index (χ1n) is 6.77. The molecule has 1 aromatic rings. The van der Waals surface area contributed by atoms with Crippen molar-refractivity contribution in [2.75, 3.05) is 26.7 Å². The third-order valence-electron chi connectivity index (χ3n) is 2.96. The summed E-state index contributed by atoms with van der Waals surface area (Å²) in [5.41, 5.74) is 7.16. The second kappa shape index (κ2) is 8.32. The van der Waals surface area contributed by atoms with Crippen LogP contribution in [0.1, 0.15) is 29.3 Å². The number of methoxy groups -OCH3 is 1. The van der Waals surface area contributed by atoms with Gasteiger partial charge in [-0.15, -0.1) is 0 Å². The molecule has 110 valence electrons. The number of esters is 1. The van der Waals surface area contributed by atoms with E-state index >= 15 is 0 Å². The van der Waals surface area contributed by atoms with E-state index in [0.29, 0.717) is 18.7 Å². The van der Waals surface area contributed by atoms with Crippen molar-refractivity contribution in [1.29, 1.82) is 0 Å².